The van der Waals surface area contributed by atoms with Gasteiger partial charge >= 0.3 is 6.09 Å². The number of hydrogen-bond donors (Lipinski definition) is 2. The van der Waals surface area contributed by atoms with E-state index in [1.807, 2.05) is 20.8 Å². The van der Waals surface area contributed by atoms with Gasteiger partial charge in [-0.25, -0.2) is 4.79 Å². The number of carbonyl (C=O) groups excluding carboxylic acids is 1. The first-order valence-electron chi connectivity index (χ1n) is 9.53. The Bertz CT molecular complexity index is 370. The molecular weight excluding hydrogens is 288 g/mol. The lowest BCUT2D eigenvalue weighted by Crippen LogP contribution is -2.42. The summed E-state index contributed by atoms with van der Waals surface area (Å²) in [6.07, 6.45) is 8.95. The summed E-state index contributed by atoms with van der Waals surface area (Å²) in [6, 6.07) is 0.560. The monoisotopic (exact) mass is 324 g/mol. The maximum Gasteiger partial charge on any atom is 0.407 e. The predicted octanol–water partition coefficient (Wildman–Crippen LogP) is 4.10. The lowest BCUT2D eigenvalue weighted by molar-refractivity contribution is 0.0517. The van der Waals surface area contributed by atoms with E-state index in [0.717, 1.165) is 24.9 Å². The van der Waals surface area contributed by atoms with E-state index in [1.165, 1.54) is 44.9 Å². The smallest absolute Gasteiger partial charge is 0.407 e. The summed E-state index contributed by atoms with van der Waals surface area (Å²) in [5.74, 6) is 2.32. The summed E-state index contributed by atoms with van der Waals surface area (Å²) in [6.45, 7) is 9.96. The molecule has 2 aliphatic rings. The number of alkyl carbamates (subject to hydrolysis) is 1. The second-order valence-corrected chi connectivity index (χ2v) is 8.71. The fourth-order valence-electron chi connectivity index (χ4n) is 3.93. The zero-order chi connectivity index (χ0) is 16.9. The molecule has 2 N–H and O–H groups in total. The van der Waals surface area contributed by atoms with Gasteiger partial charge in [0.15, 0.2) is 0 Å². The third-order valence-corrected chi connectivity index (χ3v) is 5.37. The van der Waals surface area contributed by atoms with Crippen LogP contribution in [0.1, 0.15) is 72.6 Å². The molecule has 1 amide bonds. The highest BCUT2D eigenvalue weighted by atomic mass is 16.6. The van der Waals surface area contributed by atoms with Crippen LogP contribution < -0.4 is 10.6 Å². The second kappa shape index (κ2) is 8.36. The highest BCUT2D eigenvalue weighted by Crippen LogP contribution is 2.29. The fourth-order valence-corrected chi connectivity index (χ4v) is 3.93. The van der Waals surface area contributed by atoms with E-state index in [2.05, 4.69) is 17.6 Å². The van der Waals surface area contributed by atoms with Crippen molar-refractivity contribution in [2.75, 3.05) is 13.1 Å². The minimum atomic E-state index is -0.421. The molecule has 2 fully saturated rings. The summed E-state index contributed by atoms with van der Waals surface area (Å²) in [7, 11) is 0. The number of hydrogen-bond acceptors (Lipinski definition) is 3. The van der Waals surface area contributed by atoms with Gasteiger partial charge in [0.05, 0.1) is 0 Å². The summed E-state index contributed by atoms with van der Waals surface area (Å²) in [5, 5.41) is 6.75. The largest absolute Gasteiger partial charge is 0.444 e. The Morgan fingerprint density at radius 2 is 1.74 bits per heavy atom. The Hall–Kier alpha value is -0.770. The van der Waals surface area contributed by atoms with Crippen LogP contribution in [0.4, 0.5) is 4.79 Å². The molecule has 134 valence electrons. The molecule has 2 unspecified atom stereocenters. The standard InChI is InChI=1S/C19H36N2O2/c1-14-8-10-15(11-9-14)12-20-17-7-5-6-16(17)13-21-18(22)23-19(2,3)4/h14-17,20H,5-13H2,1-4H3,(H,21,22). The zero-order valence-corrected chi connectivity index (χ0v) is 15.5. The molecular formula is C19H36N2O2. The average Bonchev–Trinajstić information content (AvgIpc) is 2.90. The van der Waals surface area contributed by atoms with Crippen LogP contribution in [0.3, 0.4) is 0 Å². The molecule has 0 heterocycles. The maximum atomic E-state index is 11.8. The van der Waals surface area contributed by atoms with Crippen LogP contribution in [0.25, 0.3) is 0 Å². The van der Waals surface area contributed by atoms with Gasteiger partial charge in [-0.2, -0.15) is 0 Å². The molecule has 0 aromatic rings. The van der Waals surface area contributed by atoms with Crippen LogP contribution in [-0.4, -0.2) is 30.8 Å². The van der Waals surface area contributed by atoms with Crippen LogP contribution in [0.2, 0.25) is 0 Å². The molecule has 4 nitrogen and oxygen atoms in total. The Morgan fingerprint density at radius 3 is 2.39 bits per heavy atom. The summed E-state index contributed by atoms with van der Waals surface area (Å²) >= 11 is 0. The van der Waals surface area contributed by atoms with Crippen LogP contribution in [0.5, 0.6) is 0 Å². The molecule has 2 aliphatic carbocycles. The van der Waals surface area contributed by atoms with Crippen molar-refractivity contribution in [1.82, 2.24) is 10.6 Å². The van der Waals surface area contributed by atoms with E-state index in [1.54, 1.807) is 0 Å². The van der Waals surface area contributed by atoms with Gasteiger partial charge in [-0.15, -0.1) is 0 Å². The molecule has 0 saturated heterocycles. The van der Waals surface area contributed by atoms with Gasteiger partial charge in [-0.3, -0.25) is 0 Å². The minimum absolute atomic E-state index is 0.288. The Labute approximate surface area is 142 Å². The molecule has 0 aromatic carbocycles. The van der Waals surface area contributed by atoms with Crippen molar-refractivity contribution >= 4 is 6.09 Å². The van der Waals surface area contributed by atoms with Gasteiger partial charge in [-0.05, 0) is 70.8 Å². The number of amides is 1. The molecule has 0 spiro atoms. The van der Waals surface area contributed by atoms with Gasteiger partial charge in [-0.1, -0.05) is 26.2 Å². The normalized spacial score (nSPS) is 31.8. The van der Waals surface area contributed by atoms with E-state index in [-0.39, 0.29) is 6.09 Å². The number of carbonyl (C=O) groups is 1. The van der Waals surface area contributed by atoms with Gasteiger partial charge in [0.2, 0.25) is 0 Å². The highest BCUT2D eigenvalue weighted by molar-refractivity contribution is 5.67. The SMILES string of the molecule is CC1CCC(CNC2CCCC2CNC(=O)OC(C)(C)C)CC1. The molecule has 2 atom stereocenters. The van der Waals surface area contributed by atoms with Crippen molar-refractivity contribution in [3.05, 3.63) is 0 Å². The Kier molecular flexibility index (Phi) is 6.75. The highest BCUT2D eigenvalue weighted by Gasteiger charge is 2.29. The lowest BCUT2D eigenvalue weighted by atomic mass is 9.83. The van der Waals surface area contributed by atoms with Crippen LogP contribution in [0.15, 0.2) is 0 Å². The number of ether oxygens (including phenoxy) is 1. The molecule has 2 saturated carbocycles. The van der Waals surface area contributed by atoms with E-state index < -0.39 is 5.60 Å². The van der Waals surface area contributed by atoms with Crippen LogP contribution in [-0.2, 0) is 4.74 Å². The van der Waals surface area contributed by atoms with Crippen molar-refractivity contribution in [2.24, 2.45) is 17.8 Å². The van der Waals surface area contributed by atoms with E-state index >= 15 is 0 Å². The summed E-state index contributed by atoms with van der Waals surface area (Å²) < 4.78 is 5.33. The summed E-state index contributed by atoms with van der Waals surface area (Å²) in [4.78, 5) is 11.8. The van der Waals surface area contributed by atoms with Crippen molar-refractivity contribution < 1.29 is 9.53 Å². The van der Waals surface area contributed by atoms with Gasteiger partial charge in [0.1, 0.15) is 5.60 Å². The predicted molar refractivity (Wildman–Crippen MR) is 94.5 cm³/mol. The average molecular weight is 325 g/mol. The first-order chi connectivity index (χ1) is 10.8. The maximum absolute atomic E-state index is 11.8. The number of nitrogens with one attached hydrogen (secondary N) is 2. The van der Waals surface area contributed by atoms with Crippen LogP contribution in [0, 0.1) is 17.8 Å². The van der Waals surface area contributed by atoms with Crippen molar-refractivity contribution in [1.29, 1.82) is 0 Å². The Balaban J connectivity index is 1.67. The summed E-state index contributed by atoms with van der Waals surface area (Å²) in [5.41, 5.74) is -0.421. The first-order valence-corrected chi connectivity index (χ1v) is 9.53. The third kappa shape index (κ3) is 6.70. The minimum Gasteiger partial charge on any atom is -0.444 e. The quantitative estimate of drug-likeness (QED) is 0.800. The first kappa shape index (κ1) is 18.6. The second-order valence-electron chi connectivity index (χ2n) is 8.71. The lowest BCUT2D eigenvalue weighted by Gasteiger charge is -2.29. The van der Waals surface area contributed by atoms with Crippen molar-refractivity contribution in [3.63, 3.8) is 0 Å². The Morgan fingerprint density at radius 1 is 1.04 bits per heavy atom. The zero-order valence-electron chi connectivity index (χ0n) is 15.5. The third-order valence-electron chi connectivity index (χ3n) is 5.37. The van der Waals surface area contributed by atoms with Gasteiger partial charge < -0.3 is 15.4 Å². The fraction of sp³-hybridized carbons (Fsp3) is 0.947. The molecule has 23 heavy (non-hydrogen) atoms. The van der Waals surface area contributed by atoms with Crippen LogP contribution >= 0.6 is 0 Å². The molecule has 0 aliphatic heterocycles. The molecule has 4 heteroatoms. The molecule has 2 rings (SSSR count). The molecule has 0 radical (unpaired) electrons. The number of rotatable bonds is 5. The topological polar surface area (TPSA) is 50.4 Å². The van der Waals surface area contributed by atoms with E-state index in [9.17, 15) is 4.79 Å². The molecule has 0 aromatic heterocycles. The molecule has 0 bridgehead atoms. The van der Waals surface area contributed by atoms with Crippen molar-refractivity contribution in [2.45, 2.75) is 84.3 Å². The van der Waals surface area contributed by atoms with E-state index in [4.69, 9.17) is 4.74 Å². The van der Waals surface area contributed by atoms with Gasteiger partial charge in [0, 0.05) is 12.6 Å². The van der Waals surface area contributed by atoms with Crippen molar-refractivity contribution in [3.8, 4) is 0 Å². The van der Waals surface area contributed by atoms with Gasteiger partial charge in [0.25, 0.3) is 0 Å². The van der Waals surface area contributed by atoms with E-state index in [0.29, 0.717) is 12.0 Å².